The first-order valence-electron chi connectivity index (χ1n) is 4.81. The molecule has 80 valence electrons. The van der Waals surface area contributed by atoms with E-state index >= 15 is 0 Å². The molecule has 2 nitrogen and oxygen atoms in total. The molecule has 2 atom stereocenters. The van der Waals surface area contributed by atoms with Crippen molar-refractivity contribution in [3.8, 4) is 0 Å². The van der Waals surface area contributed by atoms with Crippen molar-refractivity contribution in [3.63, 3.8) is 0 Å². The van der Waals surface area contributed by atoms with Crippen LogP contribution < -0.4 is 5.32 Å². The number of hydrogen-bond acceptors (Lipinski definition) is 1. The average molecular weight is 272 g/mol. The Hall–Kier alpha value is -0.900. The number of carbonyl (C=O) groups excluding carboxylic acids is 1. The van der Waals surface area contributed by atoms with Crippen molar-refractivity contribution in [2.24, 2.45) is 0 Å². The Morgan fingerprint density at radius 1 is 1.60 bits per heavy atom. The molecule has 1 N–H and O–H groups in total. The van der Waals surface area contributed by atoms with Crippen molar-refractivity contribution in [1.29, 1.82) is 0 Å². The molecule has 2 unspecified atom stereocenters. The van der Waals surface area contributed by atoms with E-state index in [4.69, 9.17) is 0 Å². The quantitative estimate of drug-likeness (QED) is 0.836. The summed E-state index contributed by atoms with van der Waals surface area (Å²) in [6, 6.07) is 5.35. The lowest BCUT2D eigenvalue weighted by molar-refractivity contribution is 0.0932. The number of carbonyl (C=O) groups is 1. The second-order valence-corrected chi connectivity index (χ2v) is 4.64. The third kappa shape index (κ3) is 1.91. The Morgan fingerprint density at radius 3 is 3.00 bits per heavy atom. The highest BCUT2D eigenvalue weighted by atomic mass is 79.9. The summed E-state index contributed by atoms with van der Waals surface area (Å²) >= 11 is 3.33. The van der Waals surface area contributed by atoms with E-state index in [0.29, 0.717) is 12.1 Å². The van der Waals surface area contributed by atoms with E-state index in [2.05, 4.69) is 21.2 Å². The zero-order valence-corrected chi connectivity index (χ0v) is 9.84. The molecule has 0 aromatic heterocycles. The smallest absolute Gasteiger partial charge is 0.251 e. The fraction of sp³-hybridized carbons (Fsp3) is 0.364. The van der Waals surface area contributed by atoms with E-state index in [0.717, 1.165) is 10.0 Å². The fourth-order valence-electron chi connectivity index (χ4n) is 1.86. The summed E-state index contributed by atoms with van der Waals surface area (Å²) in [5.41, 5.74) is 1.38. The van der Waals surface area contributed by atoms with Gasteiger partial charge in [0, 0.05) is 22.5 Å². The zero-order chi connectivity index (χ0) is 11.0. The van der Waals surface area contributed by atoms with Crippen LogP contribution in [0.25, 0.3) is 0 Å². The minimum absolute atomic E-state index is 0.116. The molecule has 1 amide bonds. The Labute approximate surface area is 96.0 Å². The molecule has 0 saturated heterocycles. The van der Waals surface area contributed by atoms with Crippen LogP contribution in [0.4, 0.5) is 4.39 Å². The van der Waals surface area contributed by atoms with Gasteiger partial charge in [0.1, 0.15) is 6.17 Å². The molecule has 0 fully saturated rings. The van der Waals surface area contributed by atoms with Crippen molar-refractivity contribution in [2.45, 2.75) is 19.0 Å². The predicted octanol–water partition coefficient (Wildman–Crippen LogP) is 2.63. The van der Waals surface area contributed by atoms with Gasteiger partial charge >= 0.3 is 0 Å². The molecule has 4 heteroatoms. The highest BCUT2D eigenvalue weighted by Gasteiger charge is 2.29. The van der Waals surface area contributed by atoms with E-state index in [1.54, 1.807) is 12.1 Å². The molecular formula is C11H11BrFNO. The van der Waals surface area contributed by atoms with Crippen LogP contribution in [0, 0.1) is 0 Å². The summed E-state index contributed by atoms with van der Waals surface area (Å²) < 4.78 is 14.2. The standard InChI is InChI=1S/C11H11BrFNO/c1-6(13)10-5-14-11(15)8-3-2-7(12)4-9(8)10/h2-4,6,10H,5H2,1H3,(H,14,15). The monoisotopic (exact) mass is 271 g/mol. The molecule has 1 aliphatic rings. The van der Waals surface area contributed by atoms with Gasteiger partial charge in [-0.25, -0.2) is 4.39 Å². The van der Waals surface area contributed by atoms with Gasteiger partial charge in [-0.05, 0) is 30.7 Å². The maximum Gasteiger partial charge on any atom is 0.251 e. The summed E-state index contributed by atoms with van der Waals surface area (Å²) in [5.74, 6) is -0.357. The molecule has 0 saturated carbocycles. The summed E-state index contributed by atoms with van der Waals surface area (Å²) in [6.07, 6.45) is -0.960. The van der Waals surface area contributed by atoms with Crippen LogP contribution in [0.2, 0.25) is 0 Å². The van der Waals surface area contributed by atoms with E-state index in [-0.39, 0.29) is 11.8 Å². The Balaban J connectivity index is 2.51. The Bertz CT molecular complexity index is 406. The minimum atomic E-state index is -0.960. The lowest BCUT2D eigenvalue weighted by atomic mass is 9.88. The molecule has 1 aromatic rings. The van der Waals surface area contributed by atoms with Crippen LogP contribution in [0.3, 0.4) is 0 Å². The number of halogens is 2. The summed E-state index contributed by atoms with van der Waals surface area (Å²) in [5, 5.41) is 2.69. The third-order valence-electron chi connectivity index (χ3n) is 2.69. The zero-order valence-electron chi connectivity index (χ0n) is 8.26. The topological polar surface area (TPSA) is 29.1 Å². The van der Waals surface area contributed by atoms with Gasteiger partial charge in [-0.15, -0.1) is 0 Å². The second kappa shape index (κ2) is 3.93. The molecule has 15 heavy (non-hydrogen) atoms. The number of benzene rings is 1. The number of fused-ring (bicyclic) bond motifs is 1. The van der Waals surface area contributed by atoms with Crippen LogP contribution in [-0.4, -0.2) is 18.6 Å². The van der Waals surface area contributed by atoms with E-state index in [1.165, 1.54) is 6.92 Å². The maximum atomic E-state index is 13.4. The number of amides is 1. The van der Waals surface area contributed by atoms with Crippen molar-refractivity contribution in [2.75, 3.05) is 6.54 Å². The molecular weight excluding hydrogens is 261 g/mol. The molecule has 0 spiro atoms. The van der Waals surface area contributed by atoms with Crippen molar-refractivity contribution < 1.29 is 9.18 Å². The van der Waals surface area contributed by atoms with E-state index in [1.807, 2.05) is 6.07 Å². The van der Waals surface area contributed by atoms with Gasteiger partial charge in [-0.2, -0.15) is 0 Å². The predicted molar refractivity (Wildman–Crippen MR) is 59.8 cm³/mol. The first kappa shape index (κ1) is 10.6. The molecule has 2 rings (SSSR count). The van der Waals surface area contributed by atoms with Crippen LogP contribution >= 0.6 is 15.9 Å². The highest BCUT2D eigenvalue weighted by molar-refractivity contribution is 9.10. The Morgan fingerprint density at radius 2 is 2.33 bits per heavy atom. The van der Waals surface area contributed by atoms with E-state index < -0.39 is 6.17 Å². The molecule has 1 aliphatic heterocycles. The number of alkyl halides is 1. The van der Waals surface area contributed by atoms with Crippen LogP contribution in [0.15, 0.2) is 22.7 Å². The normalized spacial score (nSPS) is 21.8. The van der Waals surface area contributed by atoms with Crippen molar-refractivity contribution in [1.82, 2.24) is 5.32 Å². The maximum absolute atomic E-state index is 13.4. The Kier molecular flexibility index (Phi) is 2.78. The van der Waals surface area contributed by atoms with Crippen molar-refractivity contribution in [3.05, 3.63) is 33.8 Å². The first-order valence-corrected chi connectivity index (χ1v) is 5.60. The molecule has 0 radical (unpaired) electrons. The van der Waals surface area contributed by atoms with Gasteiger partial charge in [0.15, 0.2) is 0 Å². The lowest BCUT2D eigenvalue weighted by Crippen LogP contribution is -2.37. The SMILES string of the molecule is CC(F)C1CNC(=O)c2ccc(Br)cc21. The van der Waals surface area contributed by atoms with Gasteiger partial charge < -0.3 is 5.32 Å². The van der Waals surface area contributed by atoms with Gasteiger partial charge in [0.2, 0.25) is 0 Å². The fourth-order valence-corrected chi connectivity index (χ4v) is 2.24. The third-order valence-corrected chi connectivity index (χ3v) is 3.19. The average Bonchev–Trinajstić information content (AvgIpc) is 2.17. The minimum Gasteiger partial charge on any atom is -0.351 e. The summed E-state index contributed by atoms with van der Waals surface area (Å²) in [4.78, 5) is 11.5. The molecule has 0 bridgehead atoms. The van der Waals surface area contributed by atoms with Gasteiger partial charge in [0.05, 0.1) is 0 Å². The largest absolute Gasteiger partial charge is 0.351 e. The first-order chi connectivity index (χ1) is 7.09. The highest BCUT2D eigenvalue weighted by Crippen LogP contribution is 2.30. The van der Waals surface area contributed by atoms with Gasteiger partial charge in [0.25, 0.3) is 5.91 Å². The number of rotatable bonds is 1. The van der Waals surface area contributed by atoms with Gasteiger partial charge in [-0.1, -0.05) is 15.9 Å². The second-order valence-electron chi connectivity index (χ2n) is 3.73. The lowest BCUT2D eigenvalue weighted by Gasteiger charge is -2.26. The van der Waals surface area contributed by atoms with Crippen LogP contribution in [-0.2, 0) is 0 Å². The number of hydrogen-bond donors (Lipinski definition) is 1. The van der Waals surface area contributed by atoms with Crippen LogP contribution in [0.5, 0.6) is 0 Å². The summed E-state index contributed by atoms with van der Waals surface area (Å²) in [7, 11) is 0. The van der Waals surface area contributed by atoms with E-state index in [9.17, 15) is 9.18 Å². The molecule has 1 aromatic carbocycles. The number of nitrogens with one attached hydrogen (secondary N) is 1. The molecule has 1 heterocycles. The summed E-state index contributed by atoms with van der Waals surface area (Å²) in [6.45, 7) is 1.90. The van der Waals surface area contributed by atoms with Crippen molar-refractivity contribution >= 4 is 21.8 Å². The van der Waals surface area contributed by atoms with Gasteiger partial charge in [-0.3, -0.25) is 4.79 Å². The van der Waals surface area contributed by atoms with Crippen LogP contribution in [0.1, 0.15) is 28.8 Å². The molecule has 0 aliphatic carbocycles.